The molecule has 0 aliphatic carbocycles. The number of para-hydroxylation sites is 1. The Kier molecular flexibility index (Phi) is 3.72. The van der Waals surface area contributed by atoms with Crippen LogP contribution in [0.3, 0.4) is 0 Å². The molecule has 3 rings (SSSR count). The number of rotatable bonds is 4. The molecular weight excluding hydrogens is 280 g/mol. The van der Waals surface area contributed by atoms with Crippen LogP contribution in [-0.2, 0) is 0 Å². The van der Waals surface area contributed by atoms with E-state index in [9.17, 15) is 9.59 Å². The lowest BCUT2D eigenvalue weighted by atomic mass is 10.1. The van der Waals surface area contributed by atoms with Crippen LogP contribution in [0.2, 0.25) is 0 Å². The highest BCUT2D eigenvalue weighted by Gasteiger charge is 2.12. The van der Waals surface area contributed by atoms with Crippen molar-refractivity contribution in [1.82, 2.24) is 0 Å². The molecule has 0 unspecified atom stereocenters. The van der Waals surface area contributed by atoms with Crippen molar-refractivity contribution in [3.8, 4) is 0 Å². The normalized spacial score (nSPS) is 10.6. The van der Waals surface area contributed by atoms with Crippen LogP contribution in [0.1, 0.15) is 20.9 Å². The van der Waals surface area contributed by atoms with Crippen molar-refractivity contribution in [3.05, 3.63) is 65.9 Å². The number of benzene rings is 2. The molecule has 0 atom stereocenters. The Morgan fingerprint density at radius 1 is 1.05 bits per heavy atom. The van der Waals surface area contributed by atoms with Crippen LogP contribution in [0, 0.1) is 0 Å². The van der Waals surface area contributed by atoms with E-state index >= 15 is 0 Å². The number of fused-ring (bicyclic) bond motifs is 1. The Morgan fingerprint density at radius 2 is 1.77 bits per heavy atom. The zero-order valence-electron chi connectivity index (χ0n) is 11.7. The molecule has 0 aliphatic heterocycles. The Hall–Kier alpha value is -2.92. The average Bonchev–Trinajstić information content (AvgIpc) is 2.99. The van der Waals surface area contributed by atoms with Crippen molar-refractivity contribution in [2.45, 2.75) is 0 Å². The van der Waals surface area contributed by atoms with E-state index in [1.807, 2.05) is 18.2 Å². The summed E-state index contributed by atoms with van der Waals surface area (Å²) in [6.45, 7) is -0.0370. The first-order valence-electron chi connectivity index (χ1n) is 6.80. The molecule has 0 fully saturated rings. The number of carbonyl (C=O) groups is 2. The second-order valence-corrected chi connectivity index (χ2v) is 4.81. The van der Waals surface area contributed by atoms with Gasteiger partial charge in [-0.2, -0.15) is 0 Å². The quantitative estimate of drug-likeness (QED) is 0.724. The topological polar surface area (TPSA) is 85.3 Å². The van der Waals surface area contributed by atoms with E-state index < -0.39 is 0 Å². The fourth-order valence-corrected chi connectivity index (χ4v) is 2.14. The van der Waals surface area contributed by atoms with Gasteiger partial charge in [0, 0.05) is 16.6 Å². The van der Waals surface area contributed by atoms with E-state index in [0.29, 0.717) is 16.8 Å². The highest BCUT2D eigenvalue weighted by molar-refractivity contribution is 6.05. The van der Waals surface area contributed by atoms with Gasteiger partial charge in [-0.1, -0.05) is 18.2 Å². The number of nitrogens with two attached hydrogens (primary N) is 1. The van der Waals surface area contributed by atoms with Crippen LogP contribution >= 0.6 is 0 Å². The van der Waals surface area contributed by atoms with Gasteiger partial charge in [-0.25, -0.2) is 0 Å². The molecule has 3 N–H and O–H groups in total. The molecule has 5 nitrogen and oxygen atoms in total. The van der Waals surface area contributed by atoms with E-state index in [1.165, 1.54) is 0 Å². The SMILES string of the molecule is NCC(=O)c1ccc(NC(=O)c2cc3ccccc3o2)cc1. The third-order valence-electron chi connectivity index (χ3n) is 3.30. The van der Waals surface area contributed by atoms with Gasteiger partial charge in [-0.15, -0.1) is 0 Å². The van der Waals surface area contributed by atoms with Gasteiger partial charge in [0.25, 0.3) is 5.91 Å². The lowest BCUT2D eigenvalue weighted by molar-refractivity contribution is 0.0993. The van der Waals surface area contributed by atoms with Crippen LogP contribution in [-0.4, -0.2) is 18.2 Å². The molecule has 110 valence electrons. The summed E-state index contributed by atoms with van der Waals surface area (Å²) in [5, 5.41) is 3.60. The van der Waals surface area contributed by atoms with Crippen molar-refractivity contribution >= 4 is 28.3 Å². The maximum Gasteiger partial charge on any atom is 0.291 e. The highest BCUT2D eigenvalue weighted by atomic mass is 16.3. The molecule has 0 saturated carbocycles. The van der Waals surface area contributed by atoms with Gasteiger partial charge in [-0.05, 0) is 36.4 Å². The van der Waals surface area contributed by atoms with E-state index in [4.69, 9.17) is 10.2 Å². The van der Waals surface area contributed by atoms with Crippen LogP contribution < -0.4 is 11.1 Å². The molecule has 1 amide bonds. The number of Topliss-reactive ketones (excluding diaryl/α,β-unsaturated/α-hetero) is 1. The van der Waals surface area contributed by atoms with Gasteiger partial charge in [-0.3, -0.25) is 9.59 Å². The molecule has 0 radical (unpaired) electrons. The minimum atomic E-state index is -0.339. The molecule has 1 aromatic heterocycles. The summed E-state index contributed by atoms with van der Waals surface area (Å²) >= 11 is 0. The predicted octanol–water partition coefficient (Wildman–Crippen LogP) is 2.83. The van der Waals surface area contributed by atoms with E-state index in [2.05, 4.69) is 5.32 Å². The van der Waals surface area contributed by atoms with Gasteiger partial charge in [0.1, 0.15) is 5.58 Å². The Balaban J connectivity index is 1.77. The van der Waals surface area contributed by atoms with Crippen LogP contribution in [0.5, 0.6) is 0 Å². The van der Waals surface area contributed by atoms with Gasteiger partial charge < -0.3 is 15.5 Å². The van der Waals surface area contributed by atoms with E-state index in [0.717, 1.165) is 5.39 Å². The first kappa shape index (κ1) is 14.0. The number of nitrogens with one attached hydrogen (secondary N) is 1. The standard InChI is InChI=1S/C17H14N2O3/c18-10-14(20)11-5-7-13(8-6-11)19-17(21)16-9-12-3-1-2-4-15(12)22-16/h1-9H,10,18H2,(H,19,21). The largest absolute Gasteiger partial charge is 0.451 e. The molecule has 0 spiro atoms. The van der Waals surface area contributed by atoms with Crippen LogP contribution in [0.4, 0.5) is 5.69 Å². The fourth-order valence-electron chi connectivity index (χ4n) is 2.14. The summed E-state index contributed by atoms with van der Waals surface area (Å²) < 4.78 is 5.50. The first-order chi connectivity index (χ1) is 10.7. The van der Waals surface area contributed by atoms with Crippen molar-refractivity contribution in [2.75, 3.05) is 11.9 Å². The van der Waals surface area contributed by atoms with Gasteiger partial charge in [0.2, 0.25) is 0 Å². The Morgan fingerprint density at radius 3 is 2.45 bits per heavy atom. The van der Waals surface area contributed by atoms with Crippen molar-refractivity contribution < 1.29 is 14.0 Å². The molecular formula is C17H14N2O3. The van der Waals surface area contributed by atoms with E-state index in [-0.39, 0.29) is 24.0 Å². The molecule has 5 heteroatoms. The first-order valence-corrected chi connectivity index (χ1v) is 6.80. The summed E-state index contributed by atoms with van der Waals surface area (Å²) in [5.41, 5.74) is 7.07. The fraction of sp³-hybridized carbons (Fsp3) is 0.0588. The monoisotopic (exact) mass is 294 g/mol. The number of hydrogen-bond acceptors (Lipinski definition) is 4. The van der Waals surface area contributed by atoms with Crippen LogP contribution in [0.15, 0.2) is 59.0 Å². The Labute approximate surface area is 126 Å². The smallest absolute Gasteiger partial charge is 0.291 e. The summed E-state index contributed by atoms with van der Waals surface area (Å²) in [5.74, 6) is -0.243. The molecule has 3 aromatic rings. The number of furan rings is 1. The molecule has 0 aliphatic rings. The van der Waals surface area contributed by atoms with Crippen LogP contribution in [0.25, 0.3) is 11.0 Å². The molecule has 0 bridgehead atoms. The second kappa shape index (κ2) is 5.83. The summed E-state index contributed by atoms with van der Waals surface area (Å²) in [6, 6.07) is 15.7. The van der Waals surface area contributed by atoms with Gasteiger partial charge in [0.05, 0.1) is 6.54 Å². The predicted molar refractivity (Wildman–Crippen MR) is 84.0 cm³/mol. The summed E-state index contributed by atoms with van der Waals surface area (Å²) in [7, 11) is 0. The summed E-state index contributed by atoms with van der Waals surface area (Å²) in [6.07, 6.45) is 0. The highest BCUT2D eigenvalue weighted by Crippen LogP contribution is 2.20. The third-order valence-corrected chi connectivity index (χ3v) is 3.30. The maximum absolute atomic E-state index is 12.2. The zero-order chi connectivity index (χ0) is 15.5. The molecule has 2 aromatic carbocycles. The molecule has 1 heterocycles. The van der Waals surface area contributed by atoms with Crippen molar-refractivity contribution in [3.63, 3.8) is 0 Å². The maximum atomic E-state index is 12.2. The number of hydrogen-bond donors (Lipinski definition) is 2. The second-order valence-electron chi connectivity index (χ2n) is 4.81. The van der Waals surface area contributed by atoms with E-state index in [1.54, 1.807) is 36.4 Å². The summed E-state index contributed by atoms with van der Waals surface area (Å²) in [4.78, 5) is 23.6. The lowest BCUT2D eigenvalue weighted by Gasteiger charge is -2.04. The average molecular weight is 294 g/mol. The van der Waals surface area contributed by atoms with Crippen molar-refractivity contribution in [1.29, 1.82) is 0 Å². The minimum Gasteiger partial charge on any atom is -0.451 e. The molecule has 22 heavy (non-hydrogen) atoms. The Bertz CT molecular complexity index is 801. The lowest BCUT2D eigenvalue weighted by Crippen LogP contribution is -2.14. The zero-order valence-corrected chi connectivity index (χ0v) is 11.7. The number of anilines is 1. The van der Waals surface area contributed by atoms with Gasteiger partial charge in [0.15, 0.2) is 11.5 Å². The number of ketones is 1. The minimum absolute atomic E-state index is 0.0370. The van der Waals surface area contributed by atoms with Crippen molar-refractivity contribution in [2.24, 2.45) is 5.73 Å². The number of amides is 1. The number of carbonyl (C=O) groups excluding carboxylic acids is 2. The molecule has 0 saturated heterocycles. The van der Waals surface area contributed by atoms with Gasteiger partial charge >= 0.3 is 0 Å². The third kappa shape index (κ3) is 2.75.